The molecule has 1 aromatic heterocycles. The number of fused-ring (bicyclic) bond motifs is 1. The fourth-order valence-electron chi connectivity index (χ4n) is 6.53. The maximum absolute atomic E-state index is 13.2. The van der Waals surface area contributed by atoms with Crippen LogP contribution in [0.25, 0.3) is 0 Å². The Balaban J connectivity index is 1.41. The van der Waals surface area contributed by atoms with Crippen LogP contribution >= 0.6 is 0 Å². The molecule has 4 aliphatic rings. The van der Waals surface area contributed by atoms with Crippen LogP contribution in [0.5, 0.6) is 0 Å². The SMILES string of the molecule is CC1(C)C[C@H]2[C@H]3Cc4ccc(C(=O)c5cccnc5)cc4[C@@]2(CCN3CC2CC2)CO1. The fraction of sp³-hybridized carbons (Fsp3) is 0.556. The molecule has 3 heterocycles. The van der Waals surface area contributed by atoms with E-state index in [2.05, 4.69) is 35.9 Å². The van der Waals surface area contributed by atoms with Gasteiger partial charge < -0.3 is 4.74 Å². The Kier molecular flexibility index (Phi) is 4.42. The van der Waals surface area contributed by atoms with Gasteiger partial charge in [0.1, 0.15) is 0 Å². The largest absolute Gasteiger partial charge is 0.375 e. The number of piperidine rings is 1. The Bertz CT molecular complexity index is 1010. The molecule has 4 heteroatoms. The lowest BCUT2D eigenvalue weighted by atomic mass is 9.54. The highest BCUT2D eigenvalue weighted by Crippen LogP contribution is 2.55. The standard InChI is InChI=1S/C27H32N2O2/c1-26(2)14-23-24-13-19-7-8-20(25(30)21-4-3-10-28-15-21)12-22(19)27(23,17-31-26)9-11-29(24)16-18-5-6-18/h3-4,7-8,10,12,15,18,23-24H,5-6,9,11,13-14,16-17H2,1-2H3/t23-,24+,27+/m0/s1. The monoisotopic (exact) mass is 416 g/mol. The zero-order chi connectivity index (χ0) is 21.2. The third kappa shape index (κ3) is 3.27. The van der Waals surface area contributed by atoms with E-state index >= 15 is 0 Å². The maximum atomic E-state index is 13.2. The minimum Gasteiger partial charge on any atom is -0.375 e. The van der Waals surface area contributed by atoms with E-state index in [0.717, 1.165) is 43.9 Å². The lowest BCUT2D eigenvalue weighted by Gasteiger charge is -2.61. The van der Waals surface area contributed by atoms with Gasteiger partial charge in [0.05, 0.1) is 12.2 Å². The van der Waals surface area contributed by atoms with Gasteiger partial charge in [-0.2, -0.15) is 0 Å². The number of ketones is 1. The molecule has 0 radical (unpaired) electrons. The first kappa shape index (κ1) is 19.6. The van der Waals surface area contributed by atoms with Gasteiger partial charge in [0.25, 0.3) is 0 Å². The predicted octanol–water partition coefficient (Wildman–Crippen LogP) is 4.41. The number of rotatable bonds is 4. The summed E-state index contributed by atoms with van der Waals surface area (Å²) in [7, 11) is 0. The van der Waals surface area contributed by atoms with Crippen LogP contribution in [0.1, 0.15) is 66.6 Å². The van der Waals surface area contributed by atoms with E-state index < -0.39 is 0 Å². The van der Waals surface area contributed by atoms with E-state index in [9.17, 15) is 4.79 Å². The quantitative estimate of drug-likeness (QED) is 0.693. The minimum absolute atomic E-state index is 0.0407. The molecule has 2 saturated heterocycles. The molecular weight excluding hydrogens is 384 g/mol. The molecular formula is C27H32N2O2. The van der Waals surface area contributed by atoms with E-state index in [4.69, 9.17) is 4.74 Å². The number of pyridine rings is 1. The van der Waals surface area contributed by atoms with Crippen LogP contribution in [-0.2, 0) is 16.6 Å². The Hall–Kier alpha value is -2.04. The number of aromatic nitrogens is 1. The summed E-state index contributed by atoms with van der Waals surface area (Å²) in [5, 5.41) is 0. The van der Waals surface area contributed by atoms with E-state index in [1.165, 1.54) is 30.5 Å². The maximum Gasteiger partial charge on any atom is 0.194 e. The van der Waals surface area contributed by atoms with Crippen molar-refractivity contribution in [3.05, 3.63) is 65.0 Å². The number of hydrogen-bond acceptors (Lipinski definition) is 4. The van der Waals surface area contributed by atoms with Gasteiger partial charge in [-0.3, -0.25) is 14.7 Å². The molecule has 6 rings (SSSR count). The molecule has 0 spiro atoms. The van der Waals surface area contributed by atoms with Crippen LogP contribution in [0, 0.1) is 11.8 Å². The van der Waals surface area contributed by atoms with Crippen molar-refractivity contribution >= 4 is 5.78 Å². The Labute approximate surface area is 185 Å². The van der Waals surface area contributed by atoms with Gasteiger partial charge in [-0.05, 0) is 93.7 Å². The highest BCUT2D eigenvalue weighted by Gasteiger charge is 2.57. The summed E-state index contributed by atoms with van der Waals surface area (Å²) in [6, 6.07) is 10.7. The van der Waals surface area contributed by atoms with Crippen LogP contribution in [0.15, 0.2) is 42.7 Å². The third-order valence-corrected chi connectivity index (χ3v) is 8.37. The van der Waals surface area contributed by atoms with Gasteiger partial charge in [-0.25, -0.2) is 0 Å². The number of nitrogens with zero attached hydrogens (tertiary/aromatic N) is 2. The average molecular weight is 417 g/mol. The zero-order valence-electron chi connectivity index (χ0n) is 18.6. The Morgan fingerprint density at radius 2 is 2.10 bits per heavy atom. The second kappa shape index (κ2) is 6.98. The van der Waals surface area contributed by atoms with Crippen molar-refractivity contribution in [2.75, 3.05) is 19.7 Å². The first-order valence-electron chi connectivity index (χ1n) is 11.9. The van der Waals surface area contributed by atoms with Crippen LogP contribution in [0.3, 0.4) is 0 Å². The molecule has 0 N–H and O–H groups in total. The highest BCUT2D eigenvalue weighted by molar-refractivity contribution is 6.09. The summed E-state index contributed by atoms with van der Waals surface area (Å²) >= 11 is 0. The van der Waals surface area contributed by atoms with Gasteiger partial charge in [0.2, 0.25) is 0 Å². The highest BCUT2D eigenvalue weighted by atomic mass is 16.5. The molecule has 0 amide bonds. The van der Waals surface area contributed by atoms with Gasteiger partial charge >= 0.3 is 0 Å². The Morgan fingerprint density at radius 1 is 1.23 bits per heavy atom. The van der Waals surface area contributed by atoms with Crippen molar-refractivity contribution in [3.63, 3.8) is 0 Å². The average Bonchev–Trinajstić information content (AvgIpc) is 3.59. The second-order valence-electron chi connectivity index (χ2n) is 10.9. The number of hydrogen-bond donors (Lipinski definition) is 0. The second-order valence-corrected chi connectivity index (χ2v) is 10.9. The summed E-state index contributed by atoms with van der Waals surface area (Å²) in [6.45, 7) is 7.69. The zero-order valence-corrected chi connectivity index (χ0v) is 18.6. The van der Waals surface area contributed by atoms with E-state index in [0.29, 0.717) is 17.5 Å². The van der Waals surface area contributed by atoms with Crippen LogP contribution in [0.4, 0.5) is 0 Å². The molecule has 3 atom stereocenters. The molecule has 3 fully saturated rings. The molecule has 1 aromatic carbocycles. The van der Waals surface area contributed by atoms with Crippen molar-refractivity contribution in [1.29, 1.82) is 0 Å². The van der Waals surface area contributed by atoms with E-state index in [1.807, 2.05) is 18.2 Å². The minimum atomic E-state index is -0.0738. The summed E-state index contributed by atoms with van der Waals surface area (Å²) in [4.78, 5) is 20.1. The lowest BCUT2D eigenvalue weighted by molar-refractivity contribution is -0.156. The molecule has 2 aliphatic heterocycles. The molecule has 31 heavy (non-hydrogen) atoms. The summed E-state index contributed by atoms with van der Waals surface area (Å²) in [5.74, 6) is 1.58. The van der Waals surface area contributed by atoms with Crippen molar-refractivity contribution in [2.45, 2.75) is 63.0 Å². The van der Waals surface area contributed by atoms with Crippen molar-refractivity contribution in [1.82, 2.24) is 9.88 Å². The predicted molar refractivity (Wildman–Crippen MR) is 120 cm³/mol. The molecule has 2 aliphatic carbocycles. The number of likely N-dealkylation sites (tertiary alicyclic amines) is 1. The fourth-order valence-corrected chi connectivity index (χ4v) is 6.53. The van der Waals surface area contributed by atoms with Crippen molar-refractivity contribution < 1.29 is 9.53 Å². The topological polar surface area (TPSA) is 42.4 Å². The molecule has 0 unspecified atom stereocenters. The number of benzene rings is 1. The molecule has 162 valence electrons. The molecule has 2 aromatic rings. The lowest BCUT2D eigenvalue weighted by Crippen LogP contribution is -2.65. The first-order valence-corrected chi connectivity index (χ1v) is 11.9. The van der Waals surface area contributed by atoms with E-state index in [1.54, 1.807) is 12.4 Å². The number of carbonyl (C=O) groups excluding carboxylic acids is 1. The number of ether oxygens (including phenoxy) is 1. The van der Waals surface area contributed by atoms with Gasteiger partial charge in [-0.15, -0.1) is 0 Å². The van der Waals surface area contributed by atoms with Gasteiger partial charge in [0.15, 0.2) is 5.78 Å². The molecule has 1 saturated carbocycles. The van der Waals surface area contributed by atoms with Crippen LogP contribution in [0.2, 0.25) is 0 Å². The van der Waals surface area contributed by atoms with Crippen molar-refractivity contribution in [2.24, 2.45) is 11.8 Å². The van der Waals surface area contributed by atoms with Crippen LogP contribution < -0.4 is 0 Å². The summed E-state index contributed by atoms with van der Waals surface area (Å²) in [6.07, 6.45) is 9.53. The number of carbonyl (C=O) groups is 1. The van der Waals surface area contributed by atoms with Gasteiger partial charge in [0, 0.05) is 41.5 Å². The summed E-state index contributed by atoms with van der Waals surface area (Å²) in [5.41, 5.74) is 4.21. The normalized spacial score (nSPS) is 31.5. The first-order chi connectivity index (χ1) is 15.0. The van der Waals surface area contributed by atoms with Crippen molar-refractivity contribution in [3.8, 4) is 0 Å². The Morgan fingerprint density at radius 3 is 2.87 bits per heavy atom. The third-order valence-electron chi connectivity index (χ3n) is 8.37. The van der Waals surface area contributed by atoms with E-state index in [-0.39, 0.29) is 16.8 Å². The summed E-state index contributed by atoms with van der Waals surface area (Å²) < 4.78 is 6.47. The van der Waals surface area contributed by atoms with Gasteiger partial charge in [-0.1, -0.05) is 12.1 Å². The molecule has 2 bridgehead atoms. The molecule has 4 nitrogen and oxygen atoms in total. The smallest absolute Gasteiger partial charge is 0.194 e. The van der Waals surface area contributed by atoms with Crippen LogP contribution in [-0.4, -0.2) is 47.0 Å².